The van der Waals surface area contributed by atoms with Gasteiger partial charge < -0.3 is 9.84 Å². The van der Waals surface area contributed by atoms with Crippen molar-refractivity contribution in [3.05, 3.63) is 50.1 Å². The maximum atomic E-state index is 9.71. The summed E-state index contributed by atoms with van der Waals surface area (Å²) in [6.07, 6.45) is -0.518. The van der Waals surface area contributed by atoms with E-state index in [2.05, 4.69) is 15.9 Å². The largest absolute Gasteiger partial charge is 0.488 e. The first-order valence-corrected chi connectivity index (χ1v) is 7.38. The van der Waals surface area contributed by atoms with Gasteiger partial charge in [0, 0.05) is 20.3 Å². The molecule has 0 radical (unpaired) electrons. The van der Waals surface area contributed by atoms with Crippen LogP contribution in [-0.4, -0.2) is 5.11 Å². The number of thiophene rings is 1. The molecule has 1 aromatic carbocycles. The van der Waals surface area contributed by atoms with Gasteiger partial charge in [-0.2, -0.15) is 0 Å². The molecule has 1 aromatic heterocycles. The first-order chi connectivity index (χ1) is 8.56. The minimum absolute atomic E-state index is 0.518. The molecule has 96 valence electrons. The Kier molecular flexibility index (Phi) is 4.43. The Morgan fingerprint density at radius 2 is 2.17 bits per heavy atom. The van der Waals surface area contributed by atoms with Gasteiger partial charge in [0.1, 0.15) is 12.4 Å². The number of aryl methyl sites for hydroxylation is 1. The zero-order valence-corrected chi connectivity index (χ0v) is 12.7. The topological polar surface area (TPSA) is 29.5 Å². The highest BCUT2D eigenvalue weighted by atomic mass is 79.9. The fourth-order valence-electron chi connectivity index (χ4n) is 1.69. The second-order valence-electron chi connectivity index (χ2n) is 4.24. The number of aliphatic hydroxyl groups is 1. The average molecular weight is 327 g/mol. The summed E-state index contributed by atoms with van der Waals surface area (Å²) in [5.74, 6) is 0.759. The molecular weight excluding hydrogens is 312 g/mol. The Labute approximate surface area is 119 Å². The van der Waals surface area contributed by atoms with Crippen molar-refractivity contribution in [3.63, 3.8) is 0 Å². The lowest BCUT2D eigenvalue weighted by Crippen LogP contribution is -2.00. The van der Waals surface area contributed by atoms with Crippen LogP contribution < -0.4 is 4.74 Å². The molecular formula is C14H15BrO2S. The minimum Gasteiger partial charge on any atom is -0.488 e. The maximum Gasteiger partial charge on any atom is 0.125 e. The summed E-state index contributed by atoms with van der Waals surface area (Å²) in [7, 11) is 0. The molecule has 0 fully saturated rings. The Balaban J connectivity index is 2.15. The molecule has 2 nitrogen and oxygen atoms in total. The van der Waals surface area contributed by atoms with E-state index in [1.165, 1.54) is 0 Å². The summed E-state index contributed by atoms with van der Waals surface area (Å²) < 4.78 is 6.88. The molecule has 0 unspecified atom stereocenters. The predicted molar refractivity (Wildman–Crippen MR) is 78.2 cm³/mol. The van der Waals surface area contributed by atoms with E-state index < -0.39 is 6.10 Å². The third-order valence-electron chi connectivity index (χ3n) is 2.61. The maximum absolute atomic E-state index is 9.71. The van der Waals surface area contributed by atoms with Gasteiger partial charge in [0.05, 0.1) is 6.10 Å². The second kappa shape index (κ2) is 5.87. The van der Waals surface area contributed by atoms with E-state index >= 15 is 0 Å². The van der Waals surface area contributed by atoms with Gasteiger partial charge in [-0.1, -0.05) is 12.1 Å². The summed E-state index contributed by atoms with van der Waals surface area (Å²) >= 11 is 5.08. The van der Waals surface area contributed by atoms with Gasteiger partial charge in [-0.05, 0) is 47.5 Å². The molecule has 2 aromatic rings. The lowest BCUT2D eigenvalue weighted by Gasteiger charge is -2.13. The van der Waals surface area contributed by atoms with E-state index in [1.54, 1.807) is 18.3 Å². The zero-order valence-electron chi connectivity index (χ0n) is 10.3. The van der Waals surface area contributed by atoms with Crippen LogP contribution in [-0.2, 0) is 6.61 Å². The number of rotatable bonds is 4. The van der Waals surface area contributed by atoms with Gasteiger partial charge in [-0.3, -0.25) is 0 Å². The molecule has 18 heavy (non-hydrogen) atoms. The summed E-state index contributed by atoms with van der Waals surface area (Å²) in [5, 5.41) is 11.7. The van der Waals surface area contributed by atoms with E-state index in [0.717, 1.165) is 26.2 Å². The molecule has 4 heteroatoms. The number of halogens is 1. The van der Waals surface area contributed by atoms with Gasteiger partial charge in [-0.15, -0.1) is 11.3 Å². The highest BCUT2D eigenvalue weighted by Gasteiger charge is 2.10. The van der Waals surface area contributed by atoms with Crippen LogP contribution in [0.1, 0.15) is 29.0 Å². The number of ether oxygens (including phenoxy) is 1. The van der Waals surface area contributed by atoms with Crippen LogP contribution in [0.3, 0.4) is 0 Å². The Hall–Kier alpha value is -0.840. The van der Waals surface area contributed by atoms with Crippen molar-refractivity contribution < 1.29 is 9.84 Å². The van der Waals surface area contributed by atoms with Crippen molar-refractivity contribution in [1.82, 2.24) is 0 Å². The third-order valence-corrected chi connectivity index (χ3v) is 4.28. The first kappa shape index (κ1) is 13.6. The minimum atomic E-state index is -0.518. The Morgan fingerprint density at radius 1 is 1.39 bits per heavy atom. The van der Waals surface area contributed by atoms with E-state index in [0.29, 0.717) is 6.61 Å². The van der Waals surface area contributed by atoms with Crippen LogP contribution in [0.2, 0.25) is 0 Å². The molecule has 1 N–H and O–H groups in total. The van der Waals surface area contributed by atoms with Crippen molar-refractivity contribution >= 4 is 27.3 Å². The quantitative estimate of drug-likeness (QED) is 0.899. The third kappa shape index (κ3) is 3.34. The molecule has 0 spiro atoms. The van der Waals surface area contributed by atoms with Gasteiger partial charge in [-0.25, -0.2) is 0 Å². The summed E-state index contributed by atoms with van der Waals surface area (Å²) in [6, 6.07) is 7.91. The number of aliphatic hydroxyl groups excluding tert-OH is 1. The van der Waals surface area contributed by atoms with Crippen molar-refractivity contribution in [2.24, 2.45) is 0 Å². The van der Waals surface area contributed by atoms with E-state index in [4.69, 9.17) is 4.74 Å². The van der Waals surface area contributed by atoms with Crippen LogP contribution in [0.15, 0.2) is 34.1 Å². The highest BCUT2D eigenvalue weighted by molar-refractivity contribution is 9.10. The van der Waals surface area contributed by atoms with Crippen LogP contribution >= 0.6 is 27.3 Å². The summed E-state index contributed by atoms with van der Waals surface area (Å²) in [6.45, 7) is 4.29. The molecule has 0 amide bonds. The van der Waals surface area contributed by atoms with Crippen molar-refractivity contribution in [1.29, 1.82) is 0 Å². The molecule has 0 aliphatic carbocycles. The molecule has 1 atom stereocenters. The van der Waals surface area contributed by atoms with Gasteiger partial charge in [0.15, 0.2) is 0 Å². The molecule has 0 aliphatic rings. The fourth-order valence-corrected chi connectivity index (χ4v) is 3.05. The lowest BCUT2D eigenvalue weighted by molar-refractivity contribution is 0.190. The Morgan fingerprint density at radius 3 is 2.78 bits per heavy atom. The molecule has 0 aliphatic heterocycles. The standard InChI is InChI=1S/C14H15BrO2S/c1-9-3-4-13(10(2)16)14(5-9)17-7-12-6-11(15)8-18-12/h3-6,8,10,16H,7H2,1-2H3/t10-/m1/s1. The van der Waals surface area contributed by atoms with Crippen LogP contribution in [0.4, 0.5) is 0 Å². The zero-order chi connectivity index (χ0) is 13.1. The summed E-state index contributed by atoms with van der Waals surface area (Å²) in [5.41, 5.74) is 1.96. The van der Waals surface area contributed by atoms with E-state index in [9.17, 15) is 5.11 Å². The first-order valence-electron chi connectivity index (χ1n) is 5.70. The van der Waals surface area contributed by atoms with Gasteiger partial charge in [0.2, 0.25) is 0 Å². The average Bonchev–Trinajstić information content (AvgIpc) is 2.72. The highest BCUT2D eigenvalue weighted by Crippen LogP contribution is 2.28. The lowest BCUT2D eigenvalue weighted by atomic mass is 10.1. The predicted octanol–water partition coefficient (Wildman–Crippen LogP) is 4.45. The fraction of sp³-hybridized carbons (Fsp3) is 0.286. The van der Waals surface area contributed by atoms with Crippen molar-refractivity contribution in [2.45, 2.75) is 26.6 Å². The second-order valence-corrected chi connectivity index (χ2v) is 6.15. The van der Waals surface area contributed by atoms with E-state index in [1.807, 2.05) is 36.6 Å². The van der Waals surface area contributed by atoms with Crippen molar-refractivity contribution in [2.75, 3.05) is 0 Å². The van der Waals surface area contributed by atoms with Gasteiger partial charge in [0.25, 0.3) is 0 Å². The van der Waals surface area contributed by atoms with E-state index in [-0.39, 0.29) is 0 Å². The Bertz CT molecular complexity index is 534. The molecule has 2 rings (SSSR count). The molecule has 0 saturated heterocycles. The normalized spacial score (nSPS) is 12.4. The number of hydrogen-bond donors (Lipinski definition) is 1. The molecule has 0 bridgehead atoms. The molecule has 0 saturated carbocycles. The number of benzene rings is 1. The van der Waals surface area contributed by atoms with Crippen molar-refractivity contribution in [3.8, 4) is 5.75 Å². The SMILES string of the molecule is Cc1ccc([C@@H](C)O)c(OCc2cc(Br)cs2)c1. The molecule has 1 heterocycles. The van der Waals surface area contributed by atoms with Crippen LogP contribution in [0.5, 0.6) is 5.75 Å². The number of hydrogen-bond acceptors (Lipinski definition) is 3. The smallest absolute Gasteiger partial charge is 0.125 e. The van der Waals surface area contributed by atoms with Crippen LogP contribution in [0, 0.1) is 6.92 Å². The van der Waals surface area contributed by atoms with Crippen LogP contribution in [0.25, 0.3) is 0 Å². The summed E-state index contributed by atoms with van der Waals surface area (Å²) in [4.78, 5) is 1.15. The van der Waals surface area contributed by atoms with Gasteiger partial charge >= 0.3 is 0 Å². The monoisotopic (exact) mass is 326 g/mol.